The third kappa shape index (κ3) is 3.04. The Morgan fingerprint density at radius 2 is 2.22 bits per heavy atom. The first-order valence-electron chi connectivity index (χ1n) is 10.1. The molecule has 5 aliphatic rings. The average Bonchev–Trinajstić information content (AvgIpc) is 3.09. The lowest BCUT2D eigenvalue weighted by molar-refractivity contribution is -0.165. The number of rotatable bonds is 5. The van der Waals surface area contributed by atoms with Gasteiger partial charge in [-0.1, -0.05) is 25.5 Å². The number of hydrogen-bond acceptors (Lipinski definition) is 5. The molecule has 0 radical (unpaired) electrons. The zero-order valence-electron chi connectivity index (χ0n) is 16.6. The van der Waals surface area contributed by atoms with Crippen molar-refractivity contribution in [1.82, 2.24) is 0 Å². The van der Waals surface area contributed by atoms with Crippen molar-refractivity contribution in [3.63, 3.8) is 0 Å². The molecule has 3 aliphatic heterocycles. The van der Waals surface area contributed by atoms with Crippen LogP contribution in [0.15, 0.2) is 23.3 Å². The molecule has 1 spiro atoms. The van der Waals surface area contributed by atoms with E-state index in [1.165, 1.54) is 12.7 Å². The van der Waals surface area contributed by atoms with E-state index in [2.05, 4.69) is 19.9 Å². The van der Waals surface area contributed by atoms with Gasteiger partial charge in [-0.25, -0.2) is 4.79 Å². The highest BCUT2D eigenvalue weighted by Gasteiger charge is 2.60. The Morgan fingerprint density at radius 1 is 1.41 bits per heavy atom. The molecule has 148 valence electrons. The quantitative estimate of drug-likeness (QED) is 0.544. The van der Waals surface area contributed by atoms with Crippen LogP contribution in [-0.4, -0.2) is 38.4 Å². The Bertz CT molecular complexity index is 707. The highest BCUT2D eigenvalue weighted by atomic mass is 16.5. The van der Waals surface area contributed by atoms with Crippen molar-refractivity contribution in [2.45, 2.75) is 58.5 Å². The lowest BCUT2D eigenvalue weighted by atomic mass is 9.45. The molecule has 5 rings (SSSR count). The monoisotopic (exact) mass is 374 g/mol. The minimum atomic E-state index is -0.211. The van der Waals surface area contributed by atoms with E-state index in [9.17, 15) is 9.59 Å². The first kappa shape index (κ1) is 18.7. The van der Waals surface area contributed by atoms with Gasteiger partial charge < -0.3 is 14.2 Å². The Balaban J connectivity index is 1.60. The second kappa shape index (κ2) is 6.77. The zero-order valence-corrected chi connectivity index (χ0v) is 16.6. The number of fused-ring (bicyclic) bond motifs is 1. The Kier molecular flexibility index (Phi) is 4.69. The standard InChI is InChI=1S/C22H30O5/c1-14-4-7-22-13-27-17(9-16(22)10-19(23)25-3)11-18(22)21(14,2)6-5-15-8-20(24)26-12-15/h8-9,14,17-18H,4-7,10-13H2,1-3H3/t14-,17+,18-,21+,22-/m0/s1. The summed E-state index contributed by atoms with van der Waals surface area (Å²) in [7, 11) is 1.46. The zero-order chi connectivity index (χ0) is 19.2. The van der Waals surface area contributed by atoms with Crippen LogP contribution in [-0.2, 0) is 23.8 Å². The molecule has 0 aromatic heterocycles. The predicted molar refractivity (Wildman–Crippen MR) is 99.8 cm³/mol. The van der Waals surface area contributed by atoms with Crippen LogP contribution >= 0.6 is 0 Å². The molecule has 1 saturated heterocycles. The summed E-state index contributed by atoms with van der Waals surface area (Å²) in [6.07, 6.45) is 9.52. The molecule has 3 heterocycles. The van der Waals surface area contributed by atoms with E-state index in [0.717, 1.165) is 44.3 Å². The Labute approximate surface area is 161 Å². The topological polar surface area (TPSA) is 61.8 Å². The second-order valence-electron chi connectivity index (χ2n) is 9.09. The molecule has 5 nitrogen and oxygen atoms in total. The molecule has 27 heavy (non-hydrogen) atoms. The molecular formula is C22H30O5. The fraction of sp³-hybridized carbons (Fsp3) is 0.727. The van der Waals surface area contributed by atoms with Crippen molar-refractivity contribution >= 4 is 11.9 Å². The summed E-state index contributed by atoms with van der Waals surface area (Å²) in [5.41, 5.74) is 2.46. The Hall–Kier alpha value is -1.62. The SMILES string of the molecule is COC(=O)CC1=C[C@@H]2C[C@@H]3[C@@]1(CC[C@H](C)[C@@]3(C)CCC1=CC(=O)OC1)CO2. The van der Waals surface area contributed by atoms with Gasteiger partial charge in [-0.3, -0.25) is 4.79 Å². The molecule has 2 aliphatic carbocycles. The number of carbonyl (C=O) groups excluding carboxylic acids is 2. The van der Waals surface area contributed by atoms with Gasteiger partial charge in [-0.15, -0.1) is 0 Å². The molecular weight excluding hydrogens is 344 g/mol. The molecule has 0 aromatic carbocycles. The number of methoxy groups -OCH3 is 1. The molecule has 2 fully saturated rings. The van der Waals surface area contributed by atoms with Gasteiger partial charge >= 0.3 is 11.9 Å². The van der Waals surface area contributed by atoms with Crippen LogP contribution in [0.5, 0.6) is 0 Å². The van der Waals surface area contributed by atoms with Crippen molar-refractivity contribution in [3.05, 3.63) is 23.3 Å². The summed E-state index contributed by atoms with van der Waals surface area (Å²) in [5, 5.41) is 0. The number of ether oxygens (including phenoxy) is 3. The van der Waals surface area contributed by atoms with E-state index in [0.29, 0.717) is 24.9 Å². The van der Waals surface area contributed by atoms with Gasteiger partial charge in [0.15, 0.2) is 0 Å². The minimum Gasteiger partial charge on any atom is -0.469 e. The van der Waals surface area contributed by atoms with E-state index in [4.69, 9.17) is 14.2 Å². The van der Waals surface area contributed by atoms with E-state index in [1.807, 2.05) is 0 Å². The van der Waals surface area contributed by atoms with Gasteiger partial charge in [-0.05, 0) is 54.9 Å². The van der Waals surface area contributed by atoms with Crippen LogP contribution in [0.3, 0.4) is 0 Å². The Morgan fingerprint density at radius 3 is 2.93 bits per heavy atom. The summed E-state index contributed by atoms with van der Waals surface area (Å²) >= 11 is 0. The number of hydrogen-bond donors (Lipinski definition) is 0. The van der Waals surface area contributed by atoms with Gasteiger partial charge in [0.25, 0.3) is 0 Å². The highest BCUT2D eigenvalue weighted by molar-refractivity contribution is 5.85. The maximum Gasteiger partial charge on any atom is 0.331 e. The van der Waals surface area contributed by atoms with Crippen molar-refractivity contribution in [1.29, 1.82) is 0 Å². The summed E-state index contributed by atoms with van der Waals surface area (Å²) in [4.78, 5) is 23.4. The van der Waals surface area contributed by atoms with Gasteiger partial charge in [0.1, 0.15) is 6.61 Å². The number of carbonyl (C=O) groups is 2. The first-order valence-corrected chi connectivity index (χ1v) is 10.1. The maximum absolute atomic E-state index is 12.0. The summed E-state index contributed by atoms with van der Waals surface area (Å²) in [5.74, 6) is 0.729. The fourth-order valence-corrected chi connectivity index (χ4v) is 6.03. The summed E-state index contributed by atoms with van der Waals surface area (Å²) in [6, 6.07) is 0. The molecule has 0 amide bonds. The maximum atomic E-state index is 12.0. The highest BCUT2D eigenvalue weighted by Crippen LogP contribution is 2.65. The molecule has 2 bridgehead atoms. The van der Waals surface area contributed by atoms with E-state index < -0.39 is 0 Å². The summed E-state index contributed by atoms with van der Waals surface area (Å²) in [6.45, 7) is 5.94. The largest absolute Gasteiger partial charge is 0.469 e. The molecule has 0 aromatic rings. The third-order valence-electron chi connectivity index (χ3n) is 7.93. The van der Waals surface area contributed by atoms with E-state index in [-0.39, 0.29) is 28.9 Å². The molecule has 0 N–H and O–H groups in total. The van der Waals surface area contributed by atoms with Gasteiger partial charge in [0, 0.05) is 11.5 Å². The second-order valence-corrected chi connectivity index (χ2v) is 9.09. The normalized spacial score (nSPS) is 40.1. The third-order valence-corrected chi connectivity index (χ3v) is 7.93. The van der Waals surface area contributed by atoms with Crippen molar-refractivity contribution in [3.8, 4) is 0 Å². The molecule has 1 saturated carbocycles. The lowest BCUT2D eigenvalue weighted by Gasteiger charge is -2.63. The van der Waals surface area contributed by atoms with Crippen LogP contribution in [0.4, 0.5) is 0 Å². The smallest absolute Gasteiger partial charge is 0.331 e. The van der Waals surface area contributed by atoms with Crippen molar-refractivity contribution in [2.24, 2.45) is 22.7 Å². The van der Waals surface area contributed by atoms with E-state index in [1.54, 1.807) is 6.08 Å². The molecule has 0 unspecified atom stereocenters. The van der Waals surface area contributed by atoms with Gasteiger partial charge in [0.2, 0.25) is 0 Å². The lowest BCUT2D eigenvalue weighted by Crippen LogP contribution is -2.59. The van der Waals surface area contributed by atoms with Crippen molar-refractivity contribution in [2.75, 3.05) is 20.3 Å². The molecule has 5 heteroatoms. The molecule has 5 atom stereocenters. The van der Waals surface area contributed by atoms with Crippen LogP contribution in [0, 0.1) is 22.7 Å². The van der Waals surface area contributed by atoms with Crippen LogP contribution in [0.2, 0.25) is 0 Å². The summed E-state index contributed by atoms with van der Waals surface area (Å²) < 4.78 is 16.1. The van der Waals surface area contributed by atoms with E-state index >= 15 is 0 Å². The average molecular weight is 374 g/mol. The van der Waals surface area contributed by atoms with Crippen LogP contribution < -0.4 is 0 Å². The number of cyclic esters (lactones) is 1. The first-order chi connectivity index (χ1) is 12.9. The minimum absolute atomic E-state index is 0.0411. The fourth-order valence-electron chi connectivity index (χ4n) is 6.03. The van der Waals surface area contributed by atoms with Crippen molar-refractivity contribution < 1.29 is 23.8 Å². The van der Waals surface area contributed by atoms with Gasteiger partial charge in [0.05, 0.1) is 26.2 Å². The van der Waals surface area contributed by atoms with Crippen LogP contribution in [0.1, 0.15) is 52.4 Å². The van der Waals surface area contributed by atoms with Crippen LogP contribution in [0.25, 0.3) is 0 Å². The predicted octanol–water partition coefficient (Wildman–Crippen LogP) is 3.58. The van der Waals surface area contributed by atoms with Gasteiger partial charge in [-0.2, -0.15) is 0 Å². The number of esters is 2.